The van der Waals surface area contributed by atoms with Crippen LogP contribution in [-0.2, 0) is 18.0 Å². The van der Waals surface area contributed by atoms with E-state index in [4.69, 9.17) is 0 Å². The van der Waals surface area contributed by atoms with E-state index in [9.17, 15) is 0 Å². The Kier molecular flexibility index (Phi) is 2.50. The predicted octanol–water partition coefficient (Wildman–Crippen LogP) is 4.96. The Morgan fingerprint density at radius 3 is 2.38 bits per heavy atom. The van der Waals surface area contributed by atoms with Gasteiger partial charge >= 0.3 is 0 Å². The quantitative estimate of drug-likeness (QED) is 0.616. The van der Waals surface area contributed by atoms with Gasteiger partial charge in [-0.25, -0.2) is 0 Å². The van der Waals surface area contributed by atoms with Crippen LogP contribution in [0, 0.1) is 0 Å². The summed E-state index contributed by atoms with van der Waals surface area (Å²) in [7, 11) is 2.20. The summed E-state index contributed by atoms with van der Waals surface area (Å²) in [5, 5.41) is 1.33. The van der Waals surface area contributed by atoms with E-state index >= 15 is 0 Å². The van der Waals surface area contributed by atoms with Crippen LogP contribution in [-0.4, -0.2) is 10.6 Å². The number of aryl methyl sites for hydroxylation is 1. The first kappa shape index (κ1) is 14.2. The summed E-state index contributed by atoms with van der Waals surface area (Å²) < 4.78 is 2.36. The summed E-state index contributed by atoms with van der Waals surface area (Å²) in [6, 6.07) is 20.6. The van der Waals surface area contributed by atoms with Crippen LogP contribution in [0.2, 0.25) is 0 Å². The van der Waals surface area contributed by atoms with Gasteiger partial charge in [0.1, 0.15) is 5.82 Å². The highest BCUT2D eigenvalue weighted by Gasteiger charge is 2.62. The molecule has 2 heteroatoms. The number of hydrogen-bond donors (Lipinski definition) is 0. The van der Waals surface area contributed by atoms with E-state index in [1.807, 2.05) is 0 Å². The molecule has 2 bridgehead atoms. The Hall–Kier alpha value is -2.22. The van der Waals surface area contributed by atoms with Gasteiger partial charge in [-0.3, -0.25) is 0 Å². The first-order chi connectivity index (χ1) is 11.5. The van der Waals surface area contributed by atoms with Crippen LogP contribution in [0.15, 0.2) is 54.6 Å². The number of rotatable bonds is 1. The second-order valence-electron chi connectivity index (χ2n) is 8.08. The molecule has 24 heavy (non-hydrogen) atoms. The Morgan fingerprint density at radius 1 is 0.958 bits per heavy atom. The standard InChI is InChI=1S/C22H24N2/c1-15-21(2)14-22(3,18-11-7-6-10-17(18)21)24(15)20-13-16-9-5-8-12-19(16)23(20)4/h5-13,15H,14H2,1-4H3. The smallest absolute Gasteiger partial charge is 0.110 e. The summed E-state index contributed by atoms with van der Waals surface area (Å²) in [6.45, 7) is 7.28. The average molecular weight is 316 g/mol. The van der Waals surface area contributed by atoms with Gasteiger partial charge in [0.15, 0.2) is 0 Å². The molecule has 3 atom stereocenters. The van der Waals surface area contributed by atoms with E-state index in [0.29, 0.717) is 6.04 Å². The predicted molar refractivity (Wildman–Crippen MR) is 101 cm³/mol. The zero-order chi connectivity index (χ0) is 16.7. The fourth-order valence-corrected chi connectivity index (χ4v) is 5.61. The highest BCUT2D eigenvalue weighted by Crippen LogP contribution is 2.61. The molecule has 1 aliphatic heterocycles. The minimum atomic E-state index is 0.0763. The molecule has 122 valence electrons. The molecule has 1 saturated heterocycles. The van der Waals surface area contributed by atoms with Gasteiger partial charge in [-0.05, 0) is 43.5 Å². The zero-order valence-corrected chi connectivity index (χ0v) is 14.9. The molecule has 0 N–H and O–H groups in total. The van der Waals surface area contributed by atoms with Crippen molar-refractivity contribution in [3.05, 3.63) is 65.7 Å². The Morgan fingerprint density at radius 2 is 1.62 bits per heavy atom. The Bertz CT molecular complexity index is 969. The molecule has 0 spiro atoms. The summed E-state index contributed by atoms with van der Waals surface area (Å²) >= 11 is 0. The van der Waals surface area contributed by atoms with E-state index in [2.05, 4.69) is 91.9 Å². The number of aromatic nitrogens is 1. The third kappa shape index (κ3) is 1.43. The topological polar surface area (TPSA) is 8.17 Å². The van der Waals surface area contributed by atoms with Gasteiger partial charge in [0, 0.05) is 29.4 Å². The maximum Gasteiger partial charge on any atom is 0.110 e. The molecule has 2 heterocycles. The average Bonchev–Trinajstić information content (AvgIpc) is 3.10. The molecule has 0 radical (unpaired) electrons. The largest absolute Gasteiger partial charge is 0.345 e. The lowest BCUT2D eigenvalue weighted by Gasteiger charge is -2.45. The second kappa shape index (κ2) is 4.24. The van der Waals surface area contributed by atoms with Crippen molar-refractivity contribution in [3.63, 3.8) is 0 Å². The van der Waals surface area contributed by atoms with Crippen molar-refractivity contribution in [1.29, 1.82) is 0 Å². The van der Waals surface area contributed by atoms with Crippen LogP contribution in [0.3, 0.4) is 0 Å². The molecule has 0 saturated carbocycles. The molecule has 2 nitrogen and oxygen atoms in total. The molecule has 2 aliphatic rings. The van der Waals surface area contributed by atoms with Crippen molar-refractivity contribution in [2.75, 3.05) is 4.90 Å². The highest BCUT2D eigenvalue weighted by atomic mass is 15.3. The molecular formula is C22H24N2. The summed E-state index contributed by atoms with van der Waals surface area (Å²) in [4.78, 5) is 2.68. The number of nitrogens with zero attached hydrogens (tertiary/aromatic N) is 2. The van der Waals surface area contributed by atoms with Crippen molar-refractivity contribution >= 4 is 16.7 Å². The van der Waals surface area contributed by atoms with Crippen molar-refractivity contribution in [3.8, 4) is 0 Å². The minimum Gasteiger partial charge on any atom is -0.345 e. The maximum atomic E-state index is 2.68. The second-order valence-corrected chi connectivity index (χ2v) is 8.08. The molecule has 3 unspecified atom stereocenters. The van der Waals surface area contributed by atoms with Crippen LogP contribution in [0.25, 0.3) is 10.9 Å². The van der Waals surface area contributed by atoms with E-state index in [1.54, 1.807) is 5.56 Å². The summed E-state index contributed by atoms with van der Waals surface area (Å²) in [6.07, 6.45) is 1.20. The molecular weight excluding hydrogens is 292 g/mol. The van der Waals surface area contributed by atoms with Gasteiger partial charge in [-0.2, -0.15) is 0 Å². The lowest BCUT2D eigenvalue weighted by atomic mass is 9.78. The van der Waals surface area contributed by atoms with E-state index in [1.165, 1.54) is 28.7 Å². The van der Waals surface area contributed by atoms with Gasteiger partial charge in [-0.15, -0.1) is 0 Å². The third-order valence-electron chi connectivity index (χ3n) is 6.85. The molecule has 5 rings (SSSR count). The molecule has 1 aliphatic carbocycles. The van der Waals surface area contributed by atoms with Gasteiger partial charge < -0.3 is 9.47 Å². The van der Waals surface area contributed by atoms with Crippen molar-refractivity contribution in [1.82, 2.24) is 4.57 Å². The number of benzene rings is 2. The van der Waals surface area contributed by atoms with E-state index < -0.39 is 0 Å². The minimum absolute atomic E-state index is 0.0763. The van der Waals surface area contributed by atoms with Crippen molar-refractivity contribution < 1.29 is 0 Å². The van der Waals surface area contributed by atoms with Gasteiger partial charge in [0.25, 0.3) is 0 Å². The number of anilines is 1. The Balaban J connectivity index is 1.77. The van der Waals surface area contributed by atoms with Gasteiger partial charge in [-0.1, -0.05) is 49.4 Å². The third-order valence-corrected chi connectivity index (χ3v) is 6.85. The molecule has 3 aromatic rings. The number of para-hydroxylation sites is 1. The van der Waals surface area contributed by atoms with Crippen LogP contribution >= 0.6 is 0 Å². The first-order valence-electron chi connectivity index (χ1n) is 8.91. The lowest BCUT2D eigenvalue weighted by Crippen LogP contribution is -2.49. The highest BCUT2D eigenvalue weighted by molar-refractivity contribution is 5.86. The van der Waals surface area contributed by atoms with Gasteiger partial charge in [0.2, 0.25) is 0 Å². The van der Waals surface area contributed by atoms with E-state index in [0.717, 1.165) is 0 Å². The normalized spacial score (nSPS) is 31.0. The maximum absolute atomic E-state index is 2.68. The van der Waals surface area contributed by atoms with Crippen LogP contribution in [0.4, 0.5) is 5.82 Å². The summed E-state index contributed by atoms with van der Waals surface area (Å²) in [5.41, 5.74) is 4.67. The fourth-order valence-electron chi connectivity index (χ4n) is 5.61. The molecule has 1 fully saturated rings. The fraction of sp³-hybridized carbons (Fsp3) is 0.364. The lowest BCUT2D eigenvalue weighted by molar-refractivity contribution is 0.447. The number of fused-ring (bicyclic) bond motifs is 6. The van der Waals surface area contributed by atoms with Crippen molar-refractivity contribution in [2.24, 2.45) is 7.05 Å². The van der Waals surface area contributed by atoms with Crippen molar-refractivity contribution in [2.45, 2.75) is 44.2 Å². The monoisotopic (exact) mass is 316 g/mol. The van der Waals surface area contributed by atoms with E-state index in [-0.39, 0.29) is 11.0 Å². The Labute approximate surface area is 143 Å². The summed E-state index contributed by atoms with van der Waals surface area (Å²) in [5.74, 6) is 1.34. The zero-order valence-electron chi connectivity index (χ0n) is 14.9. The van der Waals surface area contributed by atoms with Crippen LogP contribution < -0.4 is 4.90 Å². The van der Waals surface area contributed by atoms with Gasteiger partial charge in [0.05, 0.1) is 5.54 Å². The van der Waals surface area contributed by atoms with Crippen LogP contribution in [0.5, 0.6) is 0 Å². The molecule has 0 amide bonds. The number of hydrogen-bond acceptors (Lipinski definition) is 1. The van der Waals surface area contributed by atoms with Crippen LogP contribution in [0.1, 0.15) is 38.3 Å². The SMILES string of the molecule is CC1N(c2cc3ccccc3n2C)C2(C)CC1(C)c1ccccc12. The molecule has 1 aromatic heterocycles. The molecule has 2 aromatic carbocycles. The first-order valence-corrected chi connectivity index (χ1v) is 8.91.